The van der Waals surface area contributed by atoms with E-state index < -0.39 is 11.6 Å². The summed E-state index contributed by atoms with van der Waals surface area (Å²) in [6, 6.07) is 15.7. The molecule has 1 atom stereocenters. The summed E-state index contributed by atoms with van der Waals surface area (Å²) in [7, 11) is 0. The number of benzene rings is 2. The van der Waals surface area contributed by atoms with Crippen molar-refractivity contribution in [3.63, 3.8) is 0 Å². The van der Waals surface area contributed by atoms with Crippen LogP contribution < -0.4 is 30.0 Å². The zero-order valence-corrected chi connectivity index (χ0v) is 18.9. The molecular weight excluding hydrogens is 427 g/mol. The van der Waals surface area contributed by atoms with Crippen molar-refractivity contribution in [2.75, 3.05) is 13.1 Å². The van der Waals surface area contributed by atoms with Gasteiger partial charge in [-0.05, 0) is 30.7 Å². The first kappa shape index (κ1) is 24.4. The molecule has 0 bridgehead atoms. The number of para-hydroxylation sites is 4. The van der Waals surface area contributed by atoms with Crippen molar-refractivity contribution >= 4 is 24.8 Å². The normalized spacial score (nSPS) is 17.6. The van der Waals surface area contributed by atoms with Gasteiger partial charge >= 0.3 is 0 Å². The van der Waals surface area contributed by atoms with Crippen LogP contribution in [0.2, 0.25) is 0 Å². The molecule has 0 saturated carbocycles. The molecule has 0 saturated heterocycles. The molecular formula is C22H30Cl2N2O4. The minimum atomic E-state index is -0.711. The van der Waals surface area contributed by atoms with E-state index in [2.05, 4.69) is 5.32 Å². The number of nitrogens with one attached hydrogen (secondary N) is 1. The Balaban J connectivity index is 0.00000160. The van der Waals surface area contributed by atoms with Gasteiger partial charge in [-0.15, -0.1) is 24.8 Å². The Morgan fingerprint density at radius 2 is 1.23 bits per heavy atom. The van der Waals surface area contributed by atoms with Crippen LogP contribution in [-0.4, -0.2) is 30.7 Å². The van der Waals surface area contributed by atoms with Crippen molar-refractivity contribution < 1.29 is 18.9 Å². The number of ether oxygens (including phenoxy) is 4. The summed E-state index contributed by atoms with van der Waals surface area (Å²) in [4.78, 5) is 0. The van der Waals surface area contributed by atoms with Gasteiger partial charge in [0.2, 0.25) is 11.6 Å². The van der Waals surface area contributed by atoms with Crippen molar-refractivity contribution in [3.05, 3.63) is 48.5 Å². The quantitative estimate of drug-likeness (QED) is 0.616. The maximum absolute atomic E-state index is 6.10. The fraction of sp³-hybridized carbons (Fsp3) is 0.455. The van der Waals surface area contributed by atoms with Crippen molar-refractivity contribution in [3.8, 4) is 23.0 Å². The second-order valence-corrected chi connectivity index (χ2v) is 7.75. The highest BCUT2D eigenvalue weighted by atomic mass is 35.5. The average molecular weight is 457 g/mol. The first-order valence-corrected chi connectivity index (χ1v) is 9.86. The highest BCUT2D eigenvalue weighted by molar-refractivity contribution is 5.85. The number of hydrogen-bond donors (Lipinski definition) is 2. The largest absolute Gasteiger partial charge is 0.449 e. The molecule has 1 unspecified atom stereocenters. The van der Waals surface area contributed by atoms with Crippen LogP contribution >= 0.6 is 24.8 Å². The van der Waals surface area contributed by atoms with Crippen LogP contribution in [0.5, 0.6) is 23.0 Å². The molecule has 166 valence electrons. The van der Waals surface area contributed by atoms with E-state index in [9.17, 15) is 0 Å². The van der Waals surface area contributed by atoms with Crippen LogP contribution in [0.25, 0.3) is 0 Å². The van der Waals surface area contributed by atoms with E-state index in [4.69, 9.17) is 24.7 Å². The molecule has 0 aromatic heterocycles. The van der Waals surface area contributed by atoms with Crippen LogP contribution in [-0.2, 0) is 0 Å². The van der Waals surface area contributed by atoms with E-state index in [0.717, 1.165) is 42.4 Å². The van der Waals surface area contributed by atoms with Gasteiger partial charge in [-0.25, -0.2) is 0 Å². The third-order valence-electron chi connectivity index (χ3n) is 5.14. The SMILES string of the molecule is CC1(CCC(CC2(C)Oc3ccccc3O2)NCCN)Oc2ccccc2O1.Cl.Cl. The molecule has 0 fully saturated rings. The van der Waals surface area contributed by atoms with Gasteiger partial charge in [0.25, 0.3) is 0 Å². The maximum Gasteiger partial charge on any atom is 0.250 e. The lowest BCUT2D eigenvalue weighted by Crippen LogP contribution is -2.46. The second-order valence-electron chi connectivity index (χ2n) is 7.75. The second kappa shape index (κ2) is 9.96. The summed E-state index contributed by atoms with van der Waals surface area (Å²) in [6.07, 6.45) is 2.25. The molecule has 2 aliphatic rings. The van der Waals surface area contributed by atoms with Crippen molar-refractivity contribution in [1.82, 2.24) is 5.32 Å². The zero-order chi connectivity index (χ0) is 19.6. The summed E-state index contributed by atoms with van der Waals surface area (Å²) in [5.74, 6) is 1.77. The summed E-state index contributed by atoms with van der Waals surface area (Å²) < 4.78 is 24.3. The third-order valence-corrected chi connectivity index (χ3v) is 5.14. The Morgan fingerprint density at radius 1 is 0.800 bits per heavy atom. The van der Waals surface area contributed by atoms with Gasteiger partial charge in [0, 0.05) is 45.8 Å². The van der Waals surface area contributed by atoms with Crippen LogP contribution in [0.15, 0.2) is 48.5 Å². The van der Waals surface area contributed by atoms with E-state index in [1.807, 2.05) is 62.4 Å². The molecule has 2 heterocycles. The lowest BCUT2D eigenvalue weighted by molar-refractivity contribution is -0.0872. The molecule has 0 amide bonds. The van der Waals surface area contributed by atoms with E-state index in [1.54, 1.807) is 0 Å². The fourth-order valence-electron chi connectivity index (χ4n) is 3.84. The lowest BCUT2D eigenvalue weighted by Gasteiger charge is -2.31. The third kappa shape index (κ3) is 5.43. The molecule has 4 rings (SSSR count). The number of hydrogen-bond acceptors (Lipinski definition) is 6. The van der Waals surface area contributed by atoms with Gasteiger partial charge in [0.05, 0.1) is 0 Å². The van der Waals surface area contributed by atoms with E-state index in [-0.39, 0.29) is 30.9 Å². The number of fused-ring (bicyclic) bond motifs is 2. The zero-order valence-electron chi connectivity index (χ0n) is 17.3. The fourth-order valence-corrected chi connectivity index (χ4v) is 3.84. The molecule has 8 heteroatoms. The standard InChI is InChI=1S/C22H28N2O4.2ClH/c1-21(25-17-7-3-4-8-18(17)26-21)12-11-16(24-14-13-23)15-22(2)27-19-9-5-6-10-20(19)28-22;;/h3-10,16,24H,11-15,23H2,1-2H3;2*1H. The molecule has 2 aromatic carbocycles. The van der Waals surface area contributed by atoms with Gasteiger partial charge in [-0.2, -0.15) is 0 Å². The van der Waals surface area contributed by atoms with E-state index in [1.165, 1.54) is 0 Å². The first-order chi connectivity index (χ1) is 13.5. The predicted molar refractivity (Wildman–Crippen MR) is 121 cm³/mol. The van der Waals surface area contributed by atoms with Gasteiger partial charge in [-0.1, -0.05) is 24.3 Å². The van der Waals surface area contributed by atoms with Crippen LogP contribution in [0.3, 0.4) is 0 Å². The molecule has 30 heavy (non-hydrogen) atoms. The maximum atomic E-state index is 6.10. The Labute approximate surface area is 190 Å². The molecule has 6 nitrogen and oxygen atoms in total. The first-order valence-electron chi connectivity index (χ1n) is 9.86. The van der Waals surface area contributed by atoms with E-state index in [0.29, 0.717) is 13.0 Å². The molecule has 3 N–H and O–H groups in total. The van der Waals surface area contributed by atoms with Crippen LogP contribution in [0.4, 0.5) is 0 Å². The van der Waals surface area contributed by atoms with Crippen molar-refractivity contribution in [2.24, 2.45) is 5.73 Å². The topological polar surface area (TPSA) is 75.0 Å². The highest BCUT2D eigenvalue weighted by Gasteiger charge is 2.41. The number of rotatable bonds is 8. The Bertz CT molecular complexity index is 786. The predicted octanol–water partition coefficient (Wildman–Crippen LogP) is 4.29. The molecule has 0 spiro atoms. The minimum Gasteiger partial charge on any atom is -0.449 e. The lowest BCUT2D eigenvalue weighted by atomic mass is 9.99. The Morgan fingerprint density at radius 3 is 1.67 bits per heavy atom. The summed E-state index contributed by atoms with van der Waals surface area (Å²) in [6.45, 7) is 5.26. The van der Waals surface area contributed by atoms with Gasteiger partial charge in [-0.3, -0.25) is 0 Å². The average Bonchev–Trinajstić information content (AvgIpc) is 3.19. The van der Waals surface area contributed by atoms with E-state index >= 15 is 0 Å². The van der Waals surface area contributed by atoms with Gasteiger partial charge < -0.3 is 30.0 Å². The monoisotopic (exact) mass is 456 g/mol. The Hall–Kier alpha value is -1.86. The van der Waals surface area contributed by atoms with Crippen LogP contribution in [0, 0.1) is 0 Å². The summed E-state index contributed by atoms with van der Waals surface area (Å²) >= 11 is 0. The smallest absolute Gasteiger partial charge is 0.250 e. The molecule has 2 aliphatic heterocycles. The summed E-state index contributed by atoms with van der Waals surface area (Å²) in [5, 5.41) is 3.51. The van der Waals surface area contributed by atoms with Gasteiger partial charge in [0.15, 0.2) is 23.0 Å². The molecule has 0 aliphatic carbocycles. The molecule has 0 radical (unpaired) electrons. The van der Waals surface area contributed by atoms with Crippen LogP contribution in [0.1, 0.15) is 33.1 Å². The number of nitrogens with two attached hydrogens (primary N) is 1. The van der Waals surface area contributed by atoms with Crippen molar-refractivity contribution in [1.29, 1.82) is 0 Å². The summed E-state index contributed by atoms with van der Waals surface area (Å²) in [5.41, 5.74) is 5.71. The minimum absolute atomic E-state index is 0. The Kier molecular flexibility index (Phi) is 8.11. The molecule has 2 aromatic rings. The van der Waals surface area contributed by atoms with Gasteiger partial charge in [0.1, 0.15) is 0 Å². The highest BCUT2D eigenvalue weighted by Crippen LogP contribution is 2.43. The number of halogens is 2. The van der Waals surface area contributed by atoms with Crippen molar-refractivity contribution in [2.45, 2.75) is 50.7 Å².